The number of methoxy groups -OCH3 is 1. The van der Waals surface area contributed by atoms with Crippen molar-refractivity contribution >= 4 is 0 Å². The van der Waals surface area contributed by atoms with Gasteiger partial charge in [0.1, 0.15) is 36.6 Å². The number of ether oxygens (including phenoxy) is 4. The minimum atomic E-state index is -1.43. The Morgan fingerprint density at radius 2 is 1.43 bits per heavy atom. The third-order valence-electron chi connectivity index (χ3n) is 3.78. The molecule has 124 valence electrons. The number of hydrogen-bond donors (Lipinski definition) is 5. The summed E-state index contributed by atoms with van der Waals surface area (Å²) < 4.78 is 20.6. The Bertz CT molecular complexity index is 341. The van der Waals surface area contributed by atoms with Gasteiger partial charge in [0.05, 0.1) is 12.7 Å². The Morgan fingerprint density at radius 3 is 2.00 bits per heavy atom. The molecule has 2 saturated heterocycles. The summed E-state index contributed by atoms with van der Waals surface area (Å²) in [5.74, 6) is 0. The van der Waals surface area contributed by atoms with E-state index in [1.807, 2.05) is 0 Å². The van der Waals surface area contributed by atoms with Crippen LogP contribution in [0.15, 0.2) is 0 Å². The van der Waals surface area contributed by atoms with Crippen molar-refractivity contribution < 1.29 is 44.5 Å². The van der Waals surface area contributed by atoms with Gasteiger partial charge in [-0.05, 0) is 6.92 Å². The molecule has 21 heavy (non-hydrogen) atoms. The molecule has 0 unspecified atom stereocenters. The third kappa shape index (κ3) is 3.36. The van der Waals surface area contributed by atoms with Crippen molar-refractivity contribution in [3.8, 4) is 0 Å². The van der Waals surface area contributed by atoms with Crippen LogP contribution in [0.5, 0.6) is 0 Å². The fourth-order valence-corrected chi connectivity index (χ4v) is 2.39. The predicted molar refractivity (Wildman–Crippen MR) is 66.0 cm³/mol. The highest BCUT2D eigenvalue weighted by molar-refractivity contribution is 4.89. The van der Waals surface area contributed by atoms with Crippen LogP contribution in [0.2, 0.25) is 0 Å². The lowest BCUT2D eigenvalue weighted by atomic mass is 10.00. The monoisotopic (exact) mass is 310 g/mol. The maximum absolute atomic E-state index is 9.78. The molecule has 0 radical (unpaired) electrons. The molecule has 2 rings (SSSR count). The topological polar surface area (TPSA) is 138 Å². The Labute approximate surface area is 121 Å². The fraction of sp³-hybridized carbons (Fsp3) is 1.00. The molecule has 0 saturated carbocycles. The lowest BCUT2D eigenvalue weighted by molar-refractivity contribution is -0.299. The highest BCUT2D eigenvalue weighted by Gasteiger charge is 2.46. The molecule has 2 aliphatic rings. The first kappa shape index (κ1) is 17.0. The van der Waals surface area contributed by atoms with Gasteiger partial charge in [0.2, 0.25) is 0 Å². The maximum atomic E-state index is 9.78. The van der Waals surface area contributed by atoms with Crippen molar-refractivity contribution in [3.05, 3.63) is 0 Å². The van der Waals surface area contributed by atoms with Gasteiger partial charge in [0.15, 0.2) is 12.6 Å². The number of hydrogen-bond acceptors (Lipinski definition) is 9. The van der Waals surface area contributed by atoms with Crippen molar-refractivity contribution in [2.75, 3.05) is 13.7 Å². The van der Waals surface area contributed by atoms with Crippen LogP contribution in [-0.4, -0.2) is 94.6 Å². The molecule has 5 N–H and O–H groups in total. The first-order valence-electron chi connectivity index (χ1n) is 6.72. The first-order chi connectivity index (χ1) is 9.86. The standard InChI is InChI=1S/C12H22O9/c1-4-6(13)8(15)10(17)12(20-4)19-3-5-7(14)9(16)11(18-2)21-5/h4-17H,3H2,1-2H3/t4-,5+,6-,7+,8+,9+,10+,11+,12-/m0/s1. The molecule has 0 spiro atoms. The van der Waals surface area contributed by atoms with E-state index < -0.39 is 55.3 Å². The zero-order valence-corrected chi connectivity index (χ0v) is 11.8. The van der Waals surface area contributed by atoms with E-state index in [4.69, 9.17) is 18.9 Å². The number of aliphatic hydroxyl groups excluding tert-OH is 5. The zero-order valence-electron chi connectivity index (χ0n) is 11.8. The molecule has 2 aliphatic heterocycles. The van der Waals surface area contributed by atoms with Gasteiger partial charge in [-0.25, -0.2) is 0 Å². The molecule has 0 aromatic carbocycles. The van der Waals surface area contributed by atoms with E-state index in [1.165, 1.54) is 14.0 Å². The molecule has 0 aromatic rings. The van der Waals surface area contributed by atoms with Crippen LogP contribution in [0.3, 0.4) is 0 Å². The number of rotatable bonds is 4. The Balaban J connectivity index is 1.88. The van der Waals surface area contributed by atoms with Gasteiger partial charge in [0, 0.05) is 7.11 Å². The van der Waals surface area contributed by atoms with E-state index in [2.05, 4.69) is 0 Å². The highest BCUT2D eigenvalue weighted by Crippen LogP contribution is 2.25. The van der Waals surface area contributed by atoms with Crippen molar-refractivity contribution in [2.24, 2.45) is 0 Å². The van der Waals surface area contributed by atoms with Gasteiger partial charge in [-0.2, -0.15) is 0 Å². The second-order valence-corrected chi connectivity index (χ2v) is 5.27. The van der Waals surface area contributed by atoms with Gasteiger partial charge < -0.3 is 44.5 Å². The van der Waals surface area contributed by atoms with E-state index in [1.54, 1.807) is 0 Å². The molecule has 9 nitrogen and oxygen atoms in total. The molecule has 9 atom stereocenters. The summed E-state index contributed by atoms with van der Waals surface area (Å²) in [6, 6.07) is 0. The van der Waals surface area contributed by atoms with Crippen LogP contribution in [-0.2, 0) is 18.9 Å². The average Bonchev–Trinajstić information content (AvgIpc) is 2.75. The maximum Gasteiger partial charge on any atom is 0.186 e. The molecular weight excluding hydrogens is 288 g/mol. The SMILES string of the molecule is CO[C@@H]1O[C@H](CO[C@H]2O[C@@H](C)[C@H](O)[C@@H](O)[C@H]2O)[C@@H](O)[C@H]1O. The molecular formula is C12H22O9. The van der Waals surface area contributed by atoms with Crippen molar-refractivity contribution in [2.45, 2.75) is 62.2 Å². The quantitative estimate of drug-likeness (QED) is 0.366. The van der Waals surface area contributed by atoms with Crippen LogP contribution < -0.4 is 0 Å². The van der Waals surface area contributed by atoms with Gasteiger partial charge in [-0.1, -0.05) is 0 Å². The van der Waals surface area contributed by atoms with Crippen LogP contribution in [0.4, 0.5) is 0 Å². The average molecular weight is 310 g/mol. The van der Waals surface area contributed by atoms with Crippen molar-refractivity contribution in [1.29, 1.82) is 0 Å². The van der Waals surface area contributed by atoms with Gasteiger partial charge >= 0.3 is 0 Å². The van der Waals surface area contributed by atoms with Crippen LogP contribution in [0.25, 0.3) is 0 Å². The van der Waals surface area contributed by atoms with Gasteiger partial charge in [-0.15, -0.1) is 0 Å². The second-order valence-electron chi connectivity index (χ2n) is 5.27. The van der Waals surface area contributed by atoms with E-state index in [0.29, 0.717) is 0 Å². The van der Waals surface area contributed by atoms with Crippen LogP contribution >= 0.6 is 0 Å². The van der Waals surface area contributed by atoms with Crippen molar-refractivity contribution in [3.63, 3.8) is 0 Å². The molecule has 2 heterocycles. The zero-order chi connectivity index (χ0) is 15.7. The summed E-state index contributed by atoms with van der Waals surface area (Å²) >= 11 is 0. The normalized spacial score (nSPS) is 51.3. The molecule has 0 aromatic heterocycles. The van der Waals surface area contributed by atoms with Gasteiger partial charge in [0.25, 0.3) is 0 Å². The minimum absolute atomic E-state index is 0.185. The Kier molecular flexibility index (Phi) is 5.52. The summed E-state index contributed by atoms with van der Waals surface area (Å²) in [7, 11) is 1.33. The molecule has 2 fully saturated rings. The molecule has 0 amide bonds. The smallest absolute Gasteiger partial charge is 0.186 e. The van der Waals surface area contributed by atoms with Crippen molar-refractivity contribution in [1.82, 2.24) is 0 Å². The summed E-state index contributed by atoms with van der Waals surface area (Å²) in [5.41, 5.74) is 0. The Morgan fingerprint density at radius 1 is 0.810 bits per heavy atom. The molecule has 9 heteroatoms. The Hall–Kier alpha value is -0.360. The lowest BCUT2D eigenvalue weighted by Gasteiger charge is -2.39. The molecule has 0 bridgehead atoms. The van der Waals surface area contributed by atoms with E-state index >= 15 is 0 Å². The predicted octanol–water partition coefficient (Wildman–Crippen LogP) is -3.08. The summed E-state index contributed by atoms with van der Waals surface area (Å²) in [6.45, 7) is 1.34. The van der Waals surface area contributed by atoms with Crippen LogP contribution in [0.1, 0.15) is 6.92 Å². The van der Waals surface area contributed by atoms with E-state index in [-0.39, 0.29) is 6.61 Å². The number of aliphatic hydroxyl groups is 5. The summed E-state index contributed by atoms with van der Waals surface area (Å²) in [6.07, 6.45) is -10.2. The second kappa shape index (κ2) is 6.82. The lowest BCUT2D eigenvalue weighted by Crippen LogP contribution is -2.57. The minimum Gasteiger partial charge on any atom is -0.388 e. The third-order valence-corrected chi connectivity index (χ3v) is 3.78. The summed E-state index contributed by atoms with van der Waals surface area (Å²) in [4.78, 5) is 0. The fourth-order valence-electron chi connectivity index (χ4n) is 2.39. The summed E-state index contributed by atoms with van der Waals surface area (Å²) in [5, 5.41) is 48.4. The van der Waals surface area contributed by atoms with E-state index in [0.717, 1.165) is 0 Å². The largest absolute Gasteiger partial charge is 0.388 e. The van der Waals surface area contributed by atoms with Crippen LogP contribution in [0, 0.1) is 0 Å². The molecule has 0 aliphatic carbocycles. The first-order valence-corrected chi connectivity index (χ1v) is 6.72. The van der Waals surface area contributed by atoms with E-state index in [9.17, 15) is 25.5 Å². The highest BCUT2D eigenvalue weighted by atomic mass is 16.7. The van der Waals surface area contributed by atoms with Gasteiger partial charge in [-0.3, -0.25) is 0 Å².